The molecule has 0 saturated heterocycles. The number of carbonyl (C=O) groups is 2. The fraction of sp³-hybridized carbons (Fsp3) is 0.931. The van der Waals surface area contributed by atoms with Gasteiger partial charge in [0.1, 0.15) is 11.2 Å². The molecule has 5 saturated carbocycles. The van der Waals surface area contributed by atoms with Crippen molar-refractivity contribution in [3.05, 3.63) is 0 Å². The van der Waals surface area contributed by atoms with Crippen molar-refractivity contribution in [2.75, 3.05) is 0 Å². The molecule has 5 nitrogen and oxygen atoms in total. The van der Waals surface area contributed by atoms with E-state index in [1.807, 2.05) is 41.5 Å². The van der Waals surface area contributed by atoms with Crippen LogP contribution in [-0.2, 0) is 19.1 Å². The number of hydrogen-bond donors (Lipinski definition) is 1. The van der Waals surface area contributed by atoms with Gasteiger partial charge in [0.25, 0.3) is 0 Å². The van der Waals surface area contributed by atoms with Crippen molar-refractivity contribution in [3.63, 3.8) is 0 Å². The number of hydrogen-bond acceptors (Lipinski definition) is 5. The summed E-state index contributed by atoms with van der Waals surface area (Å²) in [5.41, 5.74) is -1.85. The van der Waals surface area contributed by atoms with Gasteiger partial charge in [-0.1, -0.05) is 20.3 Å². The Morgan fingerprint density at radius 2 is 1.29 bits per heavy atom. The number of rotatable bonds is 6. The normalized spacial score (nSPS) is 34.1. The average molecular weight is 479 g/mol. The monoisotopic (exact) mass is 478 g/mol. The summed E-state index contributed by atoms with van der Waals surface area (Å²) in [6, 6.07) is 0. The quantitative estimate of drug-likeness (QED) is 0.428. The molecule has 4 bridgehead atoms. The molecule has 0 heterocycles. The van der Waals surface area contributed by atoms with Crippen LogP contribution >= 0.6 is 0 Å². The van der Waals surface area contributed by atoms with Crippen LogP contribution in [0.25, 0.3) is 0 Å². The van der Waals surface area contributed by atoms with Gasteiger partial charge in [-0.15, -0.1) is 0 Å². The molecule has 0 radical (unpaired) electrons. The highest BCUT2D eigenvalue weighted by Crippen LogP contribution is 2.59. The minimum Gasteiger partial charge on any atom is -0.459 e. The van der Waals surface area contributed by atoms with Crippen LogP contribution in [0.2, 0.25) is 0 Å². The first-order valence-electron chi connectivity index (χ1n) is 13.8. The third-order valence-electron chi connectivity index (χ3n) is 9.41. The van der Waals surface area contributed by atoms with Crippen LogP contribution in [0.5, 0.6) is 0 Å². The second-order valence-electron chi connectivity index (χ2n) is 13.6. The lowest BCUT2D eigenvalue weighted by molar-refractivity contribution is -0.225. The third-order valence-corrected chi connectivity index (χ3v) is 9.41. The van der Waals surface area contributed by atoms with Gasteiger partial charge in [-0.3, -0.25) is 9.59 Å². The number of ether oxygens (including phenoxy) is 2. The molecule has 34 heavy (non-hydrogen) atoms. The molecule has 196 valence electrons. The Hall–Kier alpha value is -1.10. The fourth-order valence-electron chi connectivity index (χ4n) is 6.64. The highest BCUT2D eigenvalue weighted by atomic mass is 16.6. The summed E-state index contributed by atoms with van der Waals surface area (Å²) < 4.78 is 11.7. The summed E-state index contributed by atoms with van der Waals surface area (Å²) in [5, 5.41) is 10.6. The summed E-state index contributed by atoms with van der Waals surface area (Å²) in [4.78, 5) is 24.3. The van der Waals surface area contributed by atoms with Gasteiger partial charge in [0.05, 0.1) is 16.4 Å². The maximum atomic E-state index is 12.4. The Labute approximate surface area is 207 Å². The van der Waals surface area contributed by atoms with Crippen LogP contribution in [0.4, 0.5) is 0 Å². The van der Waals surface area contributed by atoms with Crippen LogP contribution in [0.15, 0.2) is 0 Å². The summed E-state index contributed by atoms with van der Waals surface area (Å²) in [7, 11) is 0. The standard InChI is InChI=1S/C16H26O3.C13H24O2/c1-4-14(2,3)13(17)19-16-8-11-5-12(9-16)7-15(18,6-11)10-16;1-5-12(2,3)11(14)15-13(4)9-7-6-8-10-13/h11-12,18H,4-10H2,1-3H3;5-10H2,1-4H3. The van der Waals surface area contributed by atoms with E-state index >= 15 is 0 Å². The average Bonchev–Trinajstić information content (AvgIpc) is 2.72. The molecule has 5 heteroatoms. The predicted octanol–water partition coefficient (Wildman–Crippen LogP) is 6.74. The maximum Gasteiger partial charge on any atom is 0.312 e. The molecule has 0 amide bonds. The molecule has 0 aromatic heterocycles. The van der Waals surface area contributed by atoms with Gasteiger partial charge < -0.3 is 14.6 Å². The van der Waals surface area contributed by atoms with E-state index in [4.69, 9.17) is 9.47 Å². The fourth-order valence-corrected chi connectivity index (χ4v) is 6.64. The number of aliphatic hydroxyl groups is 1. The minimum atomic E-state index is -0.555. The van der Waals surface area contributed by atoms with E-state index in [9.17, 15) is 14.7 Å². The lowest BCUT2D eigenvalue weighted by Gasteiger charge is -2.59. The van der Waals surface area contributed by atoms with Crippen LogP contribution in [-0.4, -0.2) is 33.8 Å². The van der Waals surface area contributed by atoms with E-state index in [0.717, 1.165) is 51.4 Å². The first-order valence-corrected chi connectivity index (χ1v) is 13.8. The SMILES string of the molecule is CCC(C)(C)C(=O)OC1(C)CCCCC1.CCC(C)(C)C(=O)OC12CC3CC(CC(O)(C3)C1)C2. The predicted molar refractivity (Wildman–Crippen MR) is 134 cm³/mol. The maximum absolute atomic E-state index is 12.4. The van der Waals surface area contributed by atoms with E-state index in [2.05, 4.69) is 6.92 Å². The molecule has 0 aromatic carbocycles. The van der Waals surface area contributed by atoms with Crippen molar-refractivity contribution in [2.45, 2.75) is 149 Å². The van der Waals surface area contributed by atoms with Gasteiger partial charge in [-0.25, -0.2) is 0 Å². The smallest absolute Gasteiger partial charge is 0.312 e. The van der Waals surface area contributed by atoms with Crippen molar-refractivity contribution >= 4 is 11.9 Å². The lowest BCUT2D eigenvalue weighted by Crippen LogP contribution is -2.61. The largest absolute Gasteiger partial charge is 0.459 e. The van der Waals surface area contributed by atoms with Gasteiger partial charge in [0.15, 0.2) is 0 Å². The zero-order chi connectivity index (χ0) is 25.4. The summed E-state index contributed by atoms with van der Waals surface area (Å²) in [6.45, 7) is 14.0. The van der Waals surface area contributed by atoms with Crippen molar-refractivity contribution in [2.24, 2.45) is 22.7 Å². The molecule has 5 fully saturated rings. The highest BCUT2D eigenvalue weighted by Gasteiger charge is 2.59. The second-order valence-corrected chi connectivity index (χ2v) is 13.6. The number of esters is 2. The molecule has 5 aliphatic rings. The molecule has 0 aromatic rings. The second kappa shape index (κ2) is 9.75. The van der Waals surface area contributed by atoms with E-state index in [1.165, 1.54) is 25.7 Å². The topological polar surface area (TPSA) is 72.8 Å². The number of carbonyl (C=O) groups excluding carboxylic acids is 2. The lowest BCUT2D eigenvalue weighted by atomic mass is 9.52. The Kier molecular flexibility index (Phi) is 7.88. The van der Waals surface area contributed by atoms with Gasteiger partial charge in [-0.05, 0) is 117 Å². The molecule has 1 N–H and O–H groups in total. The van der Waals surface area contributed by atoms with Crippen LogP contribution in [0.3, 0.4) is 0 Å². The van der Waals surface area contributed by atoms with Crippen molar-refractivity contribution in [1.82, 2.24) is 0 Å². The summed E-state index contributed by atoms with van der Waals surface area (Å²) in [5.74, 6) is 1.00. The molecular weight excluding hydrogens is 428 g/mol. The summed E-state index contributed by atoms with van der Waals surface area (Å²) in [6.07, 6.45) is 13.0. The zero-order valence-corrected chi connectivity index (χ0v) is 22.9. The molecular formula is C29H50O5. The third kappa shape index (κ3) is 6.17. The Bertz CT molecular complexity index is 732. The Balaban J connectivity index is 0.000000197. The zero-order valence-electron chi connectivity index (χ0n) is 22.9. The Morgan fingerprint density at radius 3 is 1.74 bits per heavy atom. The highest BCUT2D eigenvalue weighted by molar-refractivity contribution is 5.76. The van der Waals surface area contributed by atoms with E-state index in [1.54, 1.807) is 0 Å². The molecule has 5 aliphatic carbocycles. The van der Waals surface area contributed by atoms with Crippen LogP contribution in [0, 0.1) is 22.7 Å². The van der Waals surface area contributed by atoms with Crippen LogP contribution < -0.4 is 0 Å². The summed E-state index contributed by atoms with van der Waals surface area (Å²) >= 11 is 0. The first kappa shape index (κ1) is 27.5. The minimum absolute atomic E-state index is 0.0330. The molecule has 0 spiro atoms. The van der Waals surface area contributed by atoms with E-state index < -0.39 is 11.0 Å². The molecule has 2 atom stereocenters. The van der Waals surface area contributed by atoms with Gasteiger partial charge in [0.2, 0.25) is 0 Å². The van der Waals surface area contributed by atoms with Crippen molar-refractivity contribution in [1.29, 1.82) is 0 Å². The Morgan fingerprint density at radius 1 is 0.824 bits per heavy atom. The van der Waals surface area contributed by atoms with E-state index in [-0.39, 0.29) is 28.6 Å². The van der Waals surface area contributed by atoms with Gasteiger partial charge in [0, 0.05) is 6.42 Å². The van der Waals surface area contributed by atoms with E-state index in [0.29, 0.717) is 18.3 Å². The molecule has 5 rings (SSSR count). The van der Waals surface area contributed by atoms with Crippen molar-refractivity contribution in [3.8, 4) is 0 Å². The molecule has 0 aliphatic heterocycles. The van der Waals surface area contributed by atoms with Crippen molar-refractivity contribution < 1.29 is 24.2 Å². The van der Waals surface area contributed by atoms with Gasteiger partial charge >= 0.3 is 11.9 Å². The van der Waals surface area contributed by atoms with Gasteiger partial charge in [-0.2, -0.15) is 0 Å². The molecule has 2 unspecified atom stereocenters. The first-order chi connectivity index (χ1) is 15.7. The van der Waals surface area contributed by atoms with Crippen LogP contribution in [0.1, 0.15) is 132 Å².